The predicted octanol–water partition coefficient (Wildman–Crippen LogP) is 4.13. The first-order valence-electron chi connectivity index (χ1n) is 8.40. The van der Waals surface area contributed by atoms with Gasteiger partial charge in [-0.1, -0.05) is 61.5 Å². The fraction of sp³-hybridized carbons (Fsp3) is 0.263. The van der Waals surface area contributed by atoms with Crippen molar-refractivity contribution in [1.29, 1.82) is 0 Å². The van der Waals surface area contributed by atoms with E-state index in [4.69, 9.17) is 4.52 Å². The number of aromatic nitrogens is 2. The molecular weight excluding hydrogens is 332 g/mol. The van der Waals surface area contributed by atoms with Crippen LogP contribution in [-0.4, -0.2) is 15.1 Å². The highest BCUT2D eigenvalue weighted by Gasteiger charge is 2.17. The second-order valence-electron chi connectivity index (χ2n) is 6.33. The van der Waals surface area contributed by atoms with E-state index >= 15 is 0 Å². The number of nitrogens with one attached hydrogen (secondary N) is 1. The van der Waals surface area contributed by atoms with Crippen LogP contribution >= 0.6 is 0 Å². The molecule has 0 saturated carbocycles. The topological polar surface area (TPSA) is 94.1 Å². The molecule has 0 radical (unpaired) electrons. The molecule has 3 rings (SSSR count). The molecule has 0 fully saturated rings. The van der Waals surface area contributed by atoms with Gasteiger partial charge in [-0.25, -0.2) is 0 Å². The van der Waals surface area contributed by atoms with Crippen LogP contribution in [0.3, 0.4) is 0 Å². The van der Waals surface area contributed by atoms with Crippen molar-refractivity contribution in [2.75, 3.05) is 0 Å². The summed E-state index contributed by atoms with van der Waals surface area (Å²) >= 11 is 0. The third kappa shape index (κ3) is 4.12. The van der Waals surface area contributed by atoms with Crippen molar-refractivity contribution >= 4 is 5.69 Å². The number of nitro benzene ring substituents is 1. The van der Waals surface area contributed by atoms with Gasteiger partial charge in [0.15, 0.2) is 0 Å². The Hall–Kier alpha value is -3.06. The van der Waals surface area contributed by atoms with E-state index in [-0.39, 0.29) is 11.7 Å². The first kappa shape index (κ1) is 17.8. The second kappa shape index (κ2) is 7.88. The Labute approximate surface area is 151 Å². The molecule has 134 valence electrons. The molecule has 1 heterocycles. The van der Waals surface area contributed by atoms with Gasteiger partial charge in [0.25, 0.3) is 5.69 Å². The molecule has 7 nitrogen and oxygen atoms in total. The zero-order valence-electron chi connectivity index (χ0n) is 14.6. The molecule has 3 aromatic rings. The Morgan fingerprint density at radius 1 is 1.15 bits per heavy atom. The molecule has 0 spiro atoms. The molecule has 0 aliphatic heterocycles. The zero-order chi connectivity index (χ0) is 18.5. The lowest BCUT2D eigenvalue weighted by molar-refractivity contribution is -0.384. The van der Waals surface area contributed by atoms with Gasteiger partial charge < -0.3 is 9.84 Å². The fourth-order valence-electron chi connectivity index (χ4n) is 2.80. The highest BCUT2D eigenvalue weighted by molar-refractivity contribution is 5.58. The Balaban J connectivity index is 1.72. The Bertz CT molecular complexity index is 877. The second-order valence-corrected chi connectivity index (χ2v) is 6.33. The minimum atomic E-state index is -0.445. The third-order valence-electron chi connectivity index (χ3n) is 4.08. The van der Waals surface area contributed by atoms with Crippen molar-refractivity contribution in [3.63, 3.8) is 0 Å². The standard InChI is InChI=1S/C19H20N4O3/c1-13(2)18(14-7-4-3-5-8-14)20-12-17-21-19(22-26-17)15-9-6-10-16(11-15)23(24)25/h3-11,13,18,20H,12H2,1-2H3/t18-/m1/s1. The van der Waals surface area contributed by atoms with Gasteiger partial charge in [0, 0.05) is 23.7 Å². The van der Waals surface area contributed by atoms with E-state index in [2.05, 4.69) is 41.4 Å². The quantitative estimate of drug-likeness (QED) is 0.507. The first-order chi connectivity index (χ1) is 12.5. The van der Waals surface area contributed by atoms with E-state index in [0.717, 1.165) is 0 Å². The van der Waals surface area contributed by atoms with Gasteiger partial charge in [-0.05, 0) is 11.5 Å². The predicted molar refractivity (Wildman–Crippen MR) is 97.2 cm³/mol. The molecule has 1 atom stereocenters. The summed E-state index contributed by atoms with van der Waals surface area (Å²) in [4.78, 5) is 14.8. The van der Waals surface area contributed by atoms with Crippen LogP contribution in [0.5, 0.6) is 0 Å². The fourth-order valence-corrected chi connectivity index (χ4v) is 2.80. The van der Waals surface area contributed by atoms with Crippen LogP contribution in [0.25, 0.3) is 11.4 Å². The molecule has 0 unspecified atom stereocenters. The lowest BCUT2D eigenvalue weighted by Gasteiger charge is -2.22. The molecule has 1 N–H and O–H groups in total. The van der Waals surface area contributed by atoms with Crippen LogP contribution < -0.4 is 5.32 Å². The van der Waals surface area contributed by atoms with E-state index in [1.807, 2.05) is 18.2 Å². The molecular formula is C19H20N4O3. The minimum Gasteiger partial charge on any atom is -0.338 e. The van der Waals surface area contributed by atoms with Crippen LogP contribution in [0.15, 0.2) is 59.1 Å². The Morgan fingerprint density at radius 3 is 2.62 bits per heavy atom. The van der Waals surface area contributed by atoms with Crippen molar-refractivity contribution < 1.29 is 9.45 Å². The highest BCUT2D eigenvalue weighted by Crippen LogP contribution is 2.23. The maximum Gasteiger partial charge on any atom is 0.270 e. The van der Waals surface area contributed by atoms with E-state index in [9.17, 15) is 10.1 Å². The molecule has 7 heteroatoms. The van der Waals surface area contributed by atoms with Crippen LogP contribution in [0.2, 0.25) is 0 Å². The maximum absolute atomic E-state index is 10.9. The normalized spacial score (nSPS) is 12.3. The van der Waals surface area contributed by atoms with Gasteiger partial charge in [0.1, 0.15) is 0 Å². The van der Waals surface area contributed by atoms with Gasteiger partial charge in [0.2, 0.25) is 11.7 Å². The van der Waals surface area contributed by atoms with Crippen LogP contribution in [0.1, 0.15) is 31.3 Å². The zero-order valence-corrected chi connectivity index (χ0v) is 14.6. The summed E-state index contributed by atoms with van der Waals surface area (Å²) < 4.78 is 5.29. The van der Waals surface area contributed by atoms with E-state index in [0.29, 0.717) is 29.7 Å². The maximum atomic E-state index is 10.9. The molecule has 1 aromatic heterocycles. The number of non-ortho nitro benzene ring substituents is 1. The SMILES string of the molecule is CC(C)[C@@H](NCc1nc(-c2cccc([N+](=O)[O-])c2)no1)c1ccccc1. The van der Waals surface area contributed by atoms with Crippen molar-refractivity contribution in [2.45, 2.75) is 26.4 Å². The average Bonchev–Trinajstić information content (AvgIpc) is 3.11. The largest absolute Gasteiger partial charge is 0.338 e. The summed E-state index contributed by atoms with van der Waals surface area (Å²) in [6, 6.07) is 16.5. The lowest BCUT2D eigenvalue weighted by Crippen LogP contribution is -2.25. The number of hydrogen-bond donors (Lipinski definition) is 1. The van der Waals surface area contributed by atoms with E-state index in [1.54, 1.807) is 12.1 Å². The van der Waals surface area contributed by atoms with Gasteiger partial charge in [-0.15, -0.1) is 0 Å². The summed E-state index contributed by atoms with van der Waals surface area (Å²) in [5, 5.41) is 18.3. The summed E-state index contributed by atoms with van der Waals surface area (Å²) in [5.74, 6) is 1.16. The molecule has 2 aromatic carbocycles. The minimum absolute atomic E-state index is 0.00377. The van der Waals surface area contributed by atoms with Crippen molar-refractivity contribution in [2.24, 2.45) is 5.92 Å². The van der Waals surface area contributed by atoms with E-state index in [1.165, 1.54) is 17.7 Å². The van der Waals surface area contributed by atoms with Crippen LogP contribution in [-0.2, 0) is 6.54 Å². The summed E-state index contributed by atoms with van der Waals surface area (Å²) in [5.41, 5.74) is 1.74. The van der Waals surface area contributed by atoms with E-state index < -0.39 is 4.92 Å². The number of benzene rings is 2. The lowest BCUT2D eigenvalue weighted by atomic mass is 9.96. The number of hydrogen-bond acceptors (Lipinski definition) is 6. The molecule has 0 aliphatic carbocycles. The average molecular weight is 352 g/mol. The smallest absolute Gasteiger partial charge is 0.270 e. The third-order valence-corrected chi connectivity index (χ3v) is 4.08. The molecule has 0 saturated heterocycles. The highest BCUT2D eigenvalue weighted by atomic mass is 16.6. The number of rotatable bonds is 7. The number of nitro groups is 1. The Kier molecular flexibility index (Phi) is 5.38. The van der Waals surface area contributed by atoms with Gasteiger partial charge >= 0.3 is 0 Å². The van der Waals surface area contributed by atoms with Crippen LogP contribution in [0, 0.1) is 16.0 Å². The molecule has 0 bridgehead atoms. The Morgan fingerprint density at radius 2 is 1.92 bits per heavy atom. The van der Waals surface area contributed by atoms with Crippen molar-refractivity contribution in [3.8, 4) is 11.4 Å². The summed E-state index contributed by atoms with van der Waals surface area (Å²) in [7, 11) is 0. The monoisotopic (exact) mass is 352 g/mol. The van der Waals surface area contributed by atoms with Crippen molar-refractivity contribution in [3.05, 3.63) is 76.2 Å². The number of nitrogens with zero attached hydrogens (tertiary/aromatic N) is 3. The van der Waals surface area contributed by atoms with Gasteiger partial charge in [0.05, 0.1) is 11.5 Å². The summed E-state index contributed by atoms with van der Waals surface area (Å²) in [6.07, 6.45) is 0. The first-order valence-corrected chi connectivity index (χ1v) is 8.40. The van der Waals surface area contributed by atoms with Gasteiger partial charge in [-0.3, -0.25) is 10.1 Å². The summed E-state index contributed by atoms with van der Waals surface area (Å²) in [6.45, 7) is 4.71. The molecule has 26 heavy (non-hydrogen) atoms. The van der Waals surface area contributed by atoms with Crippen molar-refractivity contribution in [1.82, 2.24) is 15.5 Å². The molecule has 0 aliphatic rings. The van der Waals surface area contributed by atoms with Crippen LogP contribution in [0.4, 0.5) is 5.69 Å². The molecule has 0 amide bonds. The van der Waals surface area contributed by atoms with Gasteiger partial charge in [-0.2, -0.15) is 4.98 Å².